The van der Waals surface area contributed by atoms with E-state index in [9.17, 15) is 4.79 Å². The molecule has 0 radical (unpaired) electrons. The molecule has 0 atom stereocenters. The van der Waals surface area contributed by atoms with Gasteiger partial charge in [-0.2, -0.15) is 5.26 Å². The first kappa shape index (κ1) is 17.5. The molecule has 2 rings (SSSR count). The average molecular weight is 319 g/mol. The fourth-order valence-corrected chi connectivity index (χ4v) is 1.56. The Morgan fingerprint density at radius 1 is 1.41 bits per heavy atom. The normalized spacial score (nSPS) is 9.18. The number of aromatic nitrogens is 1. The molecule has 0 aliphatic carbocycles. The number of ether oxygens (including phenoxy) is 1. The van der Waals surface area contributed by atoms with Gasteiger partial charge in [-0.25, -0.2) is 9.78 Å². The lowest BCUT2D eigenvalue weighted by molar-refractivity contribution is 0.0693. The minimum atomic E-state index is -1.19. The molecule has 1 N–H and O–H groups in total. The van der Waals surface area contributed by atoms with Crippen molar-refractivity contribution in [3.05, 3.63) is 52.7 Å². The number of pyridine rings is 1. The molecule has 0 saturated carbocycles. The summed E-state index contributed by atoms with van der Waals surface area (Å²) in [6.07, 6.45) is 2.54. The van der Waals surface area contributed by atoms with E-state index in [1.54, 1.807) is 18.2 Å². The van der Waals surface area contributed by atoms with Gasteiger partial charge in [-0.3, -0.25) is 0 Å². The molecule has 22 heavy (non-hydrogen) atoms. The van der Waals surface area contributed by atoms with E-state index in [1.807, 2.05) is 6.07 Å². The molecule has 6 heteroatoms. The highest BCUT2D eigenvalue weighted by atomic mass is 35.5. The van der Waals surface area contributed by atoms with Crippen LogP contribution in [0.5, 0.6) is 11.6 Å². The Hall–Kier alpha value is -2.58. The van der Waals surface area contributed by atoms with Crippen LogP contribution in [0.3, 0.4) is 0 Å². The van der Waals surface area contributed by atoms with E-state index in [-0.39, 0.29) is 16.5 Å². The Morgan fingerprint density at radius 2 is 2.09 bits per heavy atom. The van der Waals surface area contributed by atoms with Crippen LogP contribution in [0.4, 0.5) is 0 Å². The van der Waals surface area contributed by atoms with Crippen molar-refractivity contribution in [3.8, 4) is 17.7 Å². The lowest BCUT2D eigenvalue weighted by atomic mass is 10.2. The Balaban J connectivity index is 0.000000745. The van der Waals surface area contributed by atoms with Crippen LogP contribution in [0.15, 0.2) is 36.5 Å². The van der Waals surface area contributed by atoms with Crippen molar-refractivity contribution in [2.24, 2.45) is 0 Å². The van der Waals surface area contributed by atoms with Crippen LogP contribution in [0.2, 0.25) is 5.02 Å². The monoisotopic (exact) mass is 318 g/mol. The second-order valence-electron chi connectivity index (χ2n) is 4.26. The van der Waals surface area contributed by atoms with Gasteiger partial charge in [-0.15, -0.1) is 0 Å². The molecular formula is C16H15ClN2O3. The highest BCUT2D eigenvalue weighted by Gasteiger charge is 2.14. The SMILES string of the molecule is CCC.N#Cc1cccc(Oc2ncc(Cl)cc2C(=O)O)c1. The third-order valence-corrected chi connectivity index (χ3v) is 2.43. The standard InChI is InChI=1S/C13H7ClN2O3.C3H8/c14-9-5-11(13(17)18)12(16-7-9)19-10-3-1-2-8(4-10)6-15;1-3-2/h1-5,7H,(H,17,18);3H2,1-2H3. The maximum absolute atomic E-state index is 11.1. The molecule has 5 nitrogen and oxygen atoms in total. The van der Waals surface area contributed by atoms with Gasteiger partial charge in [0.25, 0.3) is 0 Å². The molecule has 2 aromatic rings. The van der Waals surface area contributed by atoms with Crippen molar-refractivity contribution in [2.75, 3.05) is 0 Å². The fourth-order valence-electron chi connectivity index (χ4n) is 1.40. The van der Waals surface area contributed by atoms with Crippen molar-refractivity contribution in [1.29, 1.82) is 5.26 Å². The molecule has 1 aromatic carbocycles. The first-order valence-electron chi connectivity index (χ1n) is 6.58. The topological polar surface area (TPSA) is 83.2 Å². The Kier molecular flexibility index (Phi) is 6.87. The van der Waals surface area contributed by atoms with Gasteiger partial charge in [0.2, 0.25) is 5.88 Å². The molecule has 0 saturated heterocycles. The molecule has 0 amide bonds. The maximum Gasteiger partial charge on any atom is 0.341 e. The summed E-state index contributed by atoms with van der Waals surface area (Å²) in [5.74, 6) is -0.940. The number of carboxylic acid groups (broad SMARTS) is 1. The van der Waals surface area contributed by atoms with Gasteiger partial charge in [0, 0.05) is 6.20 Å². The van der Waals surface area contributed by atoms with E-state index >= 15 is 0 Å². The summed E-state index contributed by atoms with van der Waals surface area (Å²) in [6.45, 7) is 4.25. The summed E-state index contributed by atoms with van der Waals surface area (Å²) >= 11 is 5.69. The molecule has 0 spiro atoms. The molecule has 1 aromatic heterocycles. The average Bonchev–Trinajstić information content (AvgIpc) is 2.50. The number of halogens is 1. The summed E-state index contributed by atoms with van der Waals surface area (Å²) < 4.78 is 5.37. The number of carboxylic acids is 1. The van der Waals surface area contributed by atoms with E-state index < -0.39 is 5.97 Å². The lowest BCUT2D eigenvalue weighted by Gasteiger charge is -2.07. The van der Waals surface area contributed by atoms with Crippen molar-refractivity contribution < 1.29 is 14.6 Å². The van der Waals surface area contributed by atoms with Gasteiger partial charge >= 0.3 is 5.97 Å². The summed E-state index contributed by atoms with van der Waals surface area (Å²) in [5.41, 5.74) is 0.262. The van der Waals surface area contributed by atoms with E-state index in [1.165, 1.54) is 24.8 Å². The van der Waals surface area contributed by atoms with Crippen molar-refractivity contribution >= 4 is 17.6 Å². The van der Waals surface area contributed by atoms with E-state index in [2.05, 4.69) is 18.8 Å². The Morgan fingerprint density at radius 3 is 2.68 bits per heavy atom. The van der Waals surface area contributed by atoms with Crippen LogP contribution in [-0.2, 0) is 0 Å². The van der Waals surface area contributed by atoms with Crippen LogP contribution >= 0.6 is 11.6 Å². The molecule has 0 aliphatic rings. The van der Waals surface area contributed by atoms with Crippen molar-refractivity contribution in [1.82, 2.24) is 4.98 Å². The number of aromatic carboxylic acids is 1. The zero-order chi connectivity index (χ0) is 16.5. The van der Waals surface area contributed by atoms with Crippen molar-refractivity contribution in [2.45, 2.75) is 20.3 Å². The third-order valence-electron chi connectivity index (χ3n) is 2.23. The first-order chi connectivity index (χ1) is 10.5. The summed E-state index contributed by atoms with van der Waals surface area (Å²) in [4.78, 5) is 14.9. The van der Waals surface area contributed by atoms with E-state index in [0.717, 1.165) is 0 Å². The third kappa shape index (κ3) is 5.08. The van der Waals surface area contributed by atoms with Crippen LogP contribution in [0, 0.1) is 11.3 Å². The minimum absolute atomic E-state index is 0.0769. The van der Waals surface area contributed by atoms with E-state index in [0.29, 0.717) is 11.3 Å². The quantitative estimate of drug-likeness (QED) is 0.899. The van der Waals surface area contributed by atoms with Crippen LogP contribution in [-0.4, -0.2) is 16.1 Å². The smallest absolute Gasteiger partial charge is 0.341 e. The summed E-state index contributed by atoms with van der Waals surface area (Å²) in [5, 5.41) is 18.0. The number of carbonyl (C=O) groups is 1. The number of nitrogens with zero attached hydrogens (tertiary/aromatic N) is 2. The second-order valence-corrected chi connectivity index (χ2v) is 4.70. The number of hydrogen-bond donors (Lipinski definition) is 1. The molecule has 1 heterocycles. The van der Waals surface area contributed by atoms with Crippen LogP contribution < -0.4 is 4.74 Å². The van der Waals surface area contributed by atoms with Gasteiger partial charge in [-0.1, -0.05) is 37.9 Å². The first-order valence-corrected chi connectivity index (χ1v) is 6.96. The fraction of sp³-hybridized carbons (Fsp3) is 0.188. The molecule has 0 bridgehead atoms. The number of hydrogen-bond acceptors (Lipinski definition) is 4. The molecule has 114 valence electrons. The summed E-state index contributed by atoms with van der Waals surface area (Å²) in [7, 11) is 0. The lowest BCUT2D eigenvalue weighted by Crippen LogP contribution is -2.02. The predicted molar refractivity (Wildman–Crippen MR) is 83.4 cm³/mol. The predicted octanol–water partition coefficient (Wildman–Crippen LogP) is 4.51. The minimum Gasteiger partial charge on any atom is -0.477 e. The molecule has 0 unspecified atom stereocenters. The number of benzene rings is 1. The molecular weight excluding hydrogens is 304 g/mol. The number of rotatable bonds is 3. The zero-order valence-corrected chi connectivity index (χ0v) is 13.0. The summed E-state index contributed by atoms with van der Waals surface area (Å²) in [6, 6.07) is 9.54. The Labute approximate surface area is 133 Å². The van der Waals surface area contributed by atoms with Crippen LogP contribution in [0.1, 0.15) is 36.2 Å². The van der Waals surface area contributed by atoms with Gasteiger partial charge in [0.05, 0.1) is 16.7 Å². The molecule has 0 fully saturated rings. The second kappa shape index (κ2) is 8.65. The van der Waals surface area contributed by atoms with Gasteiger partial charge in [-0.05, 0) is 24.3 Å². The zero-order valence-electron chi connectivity index (χ0n) is 12.2. The van der Waals surface area contributed by atoms with Gasteiger partial charge in [0.1, 0.15) is 11.3 Å². The van der Waals surface area contributed by atoms with Gasteiger partial charge < -0.3 is 9.84 Å². The highest BCUT2D eigenvalue weighted by molar-refractivity contribution is 6.30. The number of nitriles is 1. The highest BCUT2D eigenvalue weighted by Crippen LogP contribution is 2.25. The van der Waals surface area contributed by atoms with Crippen molar-refractivity contribution in [3.63, 3.8) is 0 Å². The molecule has 0 aliphatic heterocycles. The largest absolute Gasteiger partial charge is 0.477 e. The Bertz CT molecular complexity index is 696. The van der Waals surface area contributed by atoms with E-state index in [4.69, 9.17) is 26.7 Å². The maximum atomic E-state index is 11.1. The van der Waals surface area contributed by atoms with Crippen LogP contribution in [0.25, 0.3) is 0 Å². The van der Waals surface area contributed by atoms with Gasteiger partial charge in [0.15, 0.2) is 0 Å².